The van der Waals surface area contributed by atoms with Crippen LogP contribution in [0.15, 0.2) is 66.9 Å². The van der Waals surface area contributed by atoms with Crippen molar-refractivity contribution < 1.29 is 18.3 Å². The second kappa shape index (κ2) is 8.22. The maximum atomic E-state index is 14.4. The maximum absolute atomic E-state index is 14.4. The Morgan fingerprint density at radius 2 is 2.03 bits per heavy atom. The molecule has 6 heteroatoms. The van der Waals surface area contributed by atoms with E-state index in [1.807, 2.05) is 18.2 Å². The molecule has 0 radical (unpaired) electrons. The minimum atomic E-state index is -0.808. The summed E-state index contributed by atoms with van der Waals surface area (Å²) in [6.07, 6.45) is 5.48. The van der Waals surface area contributed by atoms with E-state index in [0.717, 1.165) is 35.4 Å². The van der Waals surface area contributed by atoms with E-state index in [4.69, 9.17) is 4.74 Å². The zero-order valence-corrected chi connectivity index (χ0v) is 15.5. The Hall–Kier alpha value is -3.54. The Balaban J connectivity index is 1.62. The molecule has 29 heavy (non-hydrogen) atoms. The highest BCUT2D eigenvalue weighted by Crippen LogP contribution is 2.27. The Bertz CT molecular complexity index is 1070. The summed E-state index contributed by atoms with van der Waals surface area (Å²) in [6, 6.07) is 14.1. The first-order valence-corrected chi connectivity index (χ1v) is 9.20. The summed E-state index contributed by atoms with van der Waals surface area (Å²) < 4.78 is 33.2. The van der Waals surface area contributed by atoms with Crippen LogP contribution in [-0.2, 0) is 17.8 Å². The van der Waals surface area contributed by atoms with Crippen molar-refractivity contribution in [3.05, 3.63) is 95.3 Å². The fourth-order valence-electron chi connectivity index (χ4n) is 3.20. The lowest BCUT2D eigenvalue weighted by molar-refractivity contribution is -0.114. The summed E-state index contributed by atoms with van der Waals surface area (Å²) in [4.78, 5) is 18.4. The summed E-state index contributed by atoms with van der Waals surface area (Å²) >= 11 is 0. The van der Waals surface area contributed by atoms with Crippen LogP contribution in [0.4, 0.5) is 14.5 Å². The monoisotopic (exact) mass is 392 g/mol. The van der Waals surface area contributed by atoms with Gasteiger partial charge in [0.15, 0.2) is 0 Å². The van der Waals surface area contributed by atoms with Crippen molar-refractivity contribution in [3.8, 4) is 5.75 Å². The first kappa shape index (κ1) is 18.8. The number of halogens is 2. The quantitative estimate of drug-likeness (QED) is 0.599. The third-order valence-corrected chi connectivity index (χ3v) is 4.64. The van der Waals surface area contributed by atoms with Crippen LogP contribution >= 0.6 is 0 Å². The highest BCUT2D eigenvalue weighted by molar-refractivity contribution is 6.03. The molecule has 4 rings (SSSR count). The largest absolute Gasteiger partial charge is 0.493 e. The van der Waals surface area contributed by atoms with Crippen LogP contribution in [0.25, 0.3) is 6.08 Å². The van der Waals surface area contributed by atoms with Gasteiger partial charge in [-0.25, -0.2) is 8.78 Å². The van der Waals surface area contributed by atoms with E-state index in [0.29, 0.717) is 12.3 Å². The molecular weight excluding hydrogens is 374 g/mol. The van der Waals surface area contributed by atoms with Gasteiger partial charge in [0.05, 0.1) is 24.5 Å². The van der Waals surface area contributed by atoms with E-state index in [9.17, 15) is 13.6 Å². The highest BCUT2D eigenvalue weighted by atomic mass is 19.1. The average Bonchev–Trinajstić information content (AvgIpc) is 3.19. The lowest BCUT2D eigenvalue weighted by Crippen LogP contribution is -2.30. The lowest BCUT2D eigenvalue weighted by Gasteiger charge is -2.21. The predicted molar refractivity (Wildman–Crippen MR) is 106 cm³/mol. The van der Waals surface area contributed by atoms with Crippen molar-refractivity contribution >= 4 is 17.7 Å². The Kier molecular flexibility index (Phi) is 5.33. The number of hydrogen-bond donors (Lipinski definition) is 0. The molecule has 0 spiro atoms. The molecule has 0 saturated heterocycles. The molecule has 0 atom stereocenters. The van der Waals surface area contributed by atoms with E-state index in [-0.39, 0.29) is 12.2 Å². The number of carbonyl (C=O) groups is 1. The molecule has 1 aliphatic rings. The van der Waals surface area contributed by atoms with Gasteiger partial charge in [0.2, 0.25) is 0 Å². The van der Waals surface area contributed by atoms with Crippen LogP contribution < -0.4 is 9.64 Å². The fourth-order valence-corrected chi connectivity index (χ4v) is 3.20. The Labute approximate surface area is 167 Å². The number of amides is 1. The van der Waals surface area contributed by atoms with Crippen LogP contribution in [0.3, 0.4) is 0 Å². The molecule has 1 aromatic heterocycles. The van der Waals surface area contributed by atoms with Gasteiger partial charge in [-0.3, -0.25) is 14.7 Å². The summed E-state index contributed by atoms with van der Waals surface area (Å²) in [5.41, 5.74) is 2.52. The number of rotatable bonds is 5. The number of carbonyl (C=O) groups excluding carboxylic acids is 1. The van der Waals surface area contributed by atoms with Crippen molar-refractivity contribution in [2.24, 2.45) is 0 Å². The van der Waals surface area contributed by atoms with Gasteiger partial charge in [-0.15, -0.1) is 0 Å². The van der Waals surface area contributed by atoms with E-state index >= 15 is 0 Å². The number of fused-ring (bicyclic) bond motifs is 1. The van der Waals surface area contributed by atoms with Crippen molar-refractivity contribution in [1.29, 1.82) is 0 Å². The van der Waals surface area contributed by atoms with Gasteiger partial charge in [0, 0.05) is 24.8 Å². The maximum Gasteiger partial charge on any atom is 0.251 e. The number of hydrogen-bond acceptors (Lipinski definition) is 3. The number of pyridine rings is 1. The van der Waals surface area contributed by atoms with Gasteiger partial charge in [-0.1, -0.05) is 12.1 Å². The smallest absolute Gasteiger partial charge is 0.251 e. The second-order valence-corrected chi connectivity index (χ2v) is 6.64. The van der Waals surface area contributed by atoms with Crippen LogP contribution in [0.2, 0.25) is 0 Å². The summed E-state index contributed by atoms with van der Waals surface area (Å²) in [5.74, 6) is -1.08. The zero-order valence-electron chi connectivity index (χ0n) is 15.5. The minimum absolute atomic E-state index is 0.00550. The van der Waals surface area contributed by atoms with Crippen LogP contribution in [0.5, 0.6) is 5.75 Å². The number of ether oxygens (including phenoxy) is 1. The fraction of sp³-hybridized carbons (Fsp3) is 0.130. The molecule has 146 valence electrons. The number of benzene rings is 2. The highest BCUT2D eigenvalue weighted by Gasteiger charge is 2.19. The SMILES string of the molecule is O=C(C=Cc1ccc2c(c1)CCO2)N(Cc1ccccn1)c1ccc(F)cc1F. The van der Waals surface area contributed by atoms with Crippen molar-refractivity contribution in [3.63, 3.8) is 0 Å². The molecule has 0 bridgehead atoms. The first-order valence-electron chi connectivity index (χ1n) is 9.20. The van der Waals surface area contributed by atoms with E-state index < -0.39 is 17.5 Å². The van der Waals surface area contributed by atoms with Gasteiger partial charge in [-0.2, -0.15) is 0 Å². The van der Waals surface area contributed by atoms with E-state index in [1.54, 1.807) is 30.5 Å². The van der Waals surface area contributed by atoms with Gasteiger partial charge < -0.3 is 4.74 Å². The molecule has 0 fully saturated rings. The molecule has 2 aromatic carbocycles. The van der Waals surface area contributed by atoms with Gasteiger partial charge in [-0.05, 0) is 53.6 Å². The van der Waals surface area contributed by atoms with Crippen LogP contribution in [-0.4, -0.2) is 17.5 Å². The molecule has 0 unspecified atom stereocenters. The standard InChI is InChI=1S/C23H18F2N2O2/c24-18-6-7-21(20(25)14-18)27(15-19-3-1-2-11-26-19)23(28)9-5-16-4-8-22-17(13-16)10-12-29-22/h1-9,11,13-14H,10,12,15H2. The van der Waals surface area contributed by atoms with E-state index in [2.05, 4.69) is 4.98 Å². The summed E-state index contributed by atoms with van der Waals surface area (Å²) in [7, 11) is 0. The average molecular weight is 392 g/mol. The van der Waals surface area contributed by atoms with Crippen molar-refractivity contribution in [2.45, 2.75) is 13.0 Å². The minimum Gasteiger partial charge on any atom is -0.493 e. The molecule has 4 nitrogen and oxygen atoms in total. The predicted octanol–water partition coefficient (Wildman–Crippen LogP) is 4.54. The molecular formula is C23H18F2N2O2. The van der Waals surface area contributed by atoms with Gasteiger partial charge >= 0.3 is 0 Å². The molecule has 0 N–H and O–H groups in total. The normalized spacial score (nSPS) is 12.6. The molecule has 0 aliphatic carbocycles. The van der Waals surface area contributed by atoms with Crippen molar-refractivity contribution in [2.75, 3.05) is 11.5 Å². The number of nitrogens with zero attached hydrogens (tertiary/aromatic N) is 2. The summed E-state index contributed by atoms with van der Waals surface area (Å²) in [5, 5.41) is 0. The first-order chi connectivity index (χ1) is 14.1. The van der Waals surface area contributed by atoms with Crippen molar-refractivity contribution in [1.82, 2.24) is 4.98 Å². The topological polar surface area (TPSA) is 42.4 Å². The van der Waals surface area contributed by atoms with Gasteiger partial charge in [0.1, 0.15) is 17.4 Å². The number of aromatic nitrogens is 1. The second-order valence-electron chi connectivity index (χ2n) is 6.64. The van der Waals surface area contributed by atoms with Crippen LogP contribution in [0, 0.1) is 11.6 Å². The lowest BCUT2D eigenvalue weighted by atomic mass is 10.1. The molecule has 3 aromatic rings. The molecule has 2 heterocycles. The molecule has 1 aliphatic heterocycles. The molecule has 1 amide bonds. The van der Waals surface area contributed by atoms with Crippen LogP contribution in [0.1, 0.15) is 16.8 Å². The summed E-state index contributed by atoms with van der Waals surface area (Å²) in [6.45, 7) is 0.716. The number of anilines is 1. The zero-order chi connectivity index (χ0) is 20.2. The van der Waals surface area contributed by atoms with E-state index in [1.165, 1.54) is 17.0 Å². The Morgan fingerprint density at radius 3 is 2.83 bits per heavy atom. The Morgan fingerprint density at radius 1 is 1.14 bits per heavy atom. The van der Waals surface area contributed by atoms with Gasteiger partial charge in [0.25, 0.3) is 5.91 Å². The molecule has 0 saturated carbocycles. The third kappa shape index (κ3) is 4.32. The third-order valence-electron chi connectivity index (χ3n) is 4.64.